The molecule has 0 heterocycles. The molecule has 0 aliphatic rings. The number of carbonyl (C=O) groups is 2. The summed E-state index contributed by atoms with van der Waals surface area (Å²) in [5.41, 5.74) is 1.18. The highest BCUT2D eigenvalue weighted by Gasteiger charge is 2.02. The Morgan fingerprint density at radius 1 is 1.09 bits per heavy atom. The molecule has 0 atom stereocenters. The Bertz CT molecular complexity index is 460. The fraction of sp³-hybridized carbons (Fsp3) is 0.500. The Kier molecular flexibility index (Phi) is 8.49. The smallest absolute Gasteiger partial charge is 0.407 e. The second-order valence-corrected chi connectivity index (χ2v) is 4.76. The van der Waals surface area contributed by atoms with E-state index in [2.05, 4.69) is 10.6 Å². The van der Waals surface area contributed by atoms with Gasteiger partial charge in [-0.2, -0.15) is 0 Å². The number of hydrogen-bond acceptors (Lipinski definition) is 4. The number of amides is 2. The highest BCUT2D eigenvalue weighted by atomic mass is 16.5. The van der Waals surface area contributed by atoms with Crippen molar-refractivity contribution in [2.75, 3.05) is 26.3 Å². The van der Waals surface area contributed by atoms with Gasteiger partial charge >= 0.3 is 6.09 Å². The van der Waals surface area contributed by atoms with Gasteiger partial charge in [0.25, 0.3) is 0 Å². The molecule has 0 spiro atoms. The van der Waals surface area contributed by atoms with Gasteiger partial charge in [-0.25, -0.2) is 4.79 Å². The van der Waals surface area contributed by atoms with Gasteiger partial charge in [-0.1, -0.05) is 17.7 Å². The molecule has 1 rings (SSSR count). The van der Waals surface area contributed by atoms with Crippen LogP contribution in [-0.2, 0) is 9.53 Å². The number of nitrogens with one attached hydrogen (secondary N) is 2. The normalized spacial score (nSPS) is 9.91. The molecule has 2 amide bonds. The zero-order valence-corrected chi connectivity index (χ0v) is 13.2. The van der Waals surface area contributed by atoms with Gasteiger partial charge in [0.1, 0.15) is 5.75 Å². The molecule has 6 heteroatoms. The van der Waals surface area contributed by atoms with Crippen LogP contribution in [0.15, 0.2) is 24.3 Å². The predicted molar refractivity (Wildman–Crippen MR) is 83.9 cm³/mol. The Hall–Kier alpha value is -2.24. The van der Waals surface area contributed by atoms with Crippen molar-refractivity contribution < 1.29 is 19.1 Å². The van der Waals surface area contributed by atoms with Crippen LogP contribution in [0.2, 0.25) is 0 Å². The van der Waals surface area contributed by atoms with Gasteiger partial charge in [0, 0.05) is 19.5 Å². The monoisotopic (exact) mass is 308 g/mol. The van der Waals surface area contributed by atoms with Gasteiger partial charge in [0.15, 0.2) is 0 Å². The quantitative estimate of drug-likeness (QED) is 0.684. The van der Waals surface area contributed by atoms with Gasteiger partial charge in [-0.3, -0.25) is 4.79 Å². The van der Waals surface area contributed by atoms with Crippen LogP contribution in [0.5, 0.6) is 5.75 Å². The average Bonchev–Trinajstić information content (AvgIpc) is 2.50. The molecule has 6 nitrogen and oxygen atoms in total. The number of aryl methyl sites for hydroxylation is 1. The molecule has 1 aromatic rings. The fourth-order valence-corrected chi connectivity index (χ4v) is 1.69. The number of carbonyl (C=O) groups excluding carboxylic acids is 2. The third-order valence-corrected chi connectivity index (χ3v) is 2.83. The Morgan fingerprint density at radius 3 is 2.45 bits per heavy atom. The van der Waals surface area contributed by atoms with Crippen LogP contribution in [0.3, 0.4) is 0 Å². The van der Waals surface area contributed by atoms with Crippen molar-refractivity contribution in [3.8, 4) is 5.75 Å². The maximum atomic E-state index is 11.6. The third-order valence-electron chi connectivity index (χ3n) is 2.83. The van der Waals surface area contributed by atoms with Crippen molar-refractivity contribution in [2.45, 2.75) is 26.7 Å². The summed E-state index contributed by atoms with van der Waals surface area (Å²) in [6.45, 7) is 5.32. The Balaban J connectivity index is 2.01. The minimum atomic E-state index is -0.469. The standard InChI is InChI=1S/C16H24N2O4/c1-3-21-16(20)18-11-10-17-15(19)5-4-12-22-14-8-6-13(2)7-9-14/h6-9H,3-5,10-12H2,1-2H3,(H,17,19)(H,18,20). The summed E-state index contributed by atoms with van der Waals surface area (Å²) in [6, 6.07) is 7.80. The summed E-state index contributed by atoms with van der Waals surface area (Å²) in [4.78, 5) is 22.6. The lowest BCUT2D eigenvalue weighted by atomic mass is 10.2. The molecular formula is C16H24N2O4. The minimum absolute atomic E-state index is 0.0573. The molecule has 0 unspecified atom stereocenters. The van der Waals surface area contributed by atoms with Crippen molar-refractivity contribution in [1.82, 2.24) is 10.6 Å². The van der Waals surface area contributed by atoms with Crippen LogP contribution in [0.25, 0.3) is 0 Å². The largest absolute Gasteiger partial charge is 0.494 e. The third kappa shape index (κ3) is 8.14. The van der Waals surface area contributed by atoms with Crippen LogP contribution >= 0.6 is 0 Å². The number of hydrogen-bond donors (Lipinski definition) is 2. The Morgan fingerprint density at radius 2 is 1.77 bits per heavy atom. The van der Waals surface area contributed by atoms with Crippen LogP contribution < -0.4 is 15.4 Å². The van der Waals surface area contributed by atoms with Gasteiger partial charge in [-0.05, 0) is 32.4 Å². The van der Waals surface area contributed by atoms with Crippen molar-refractivity contribution in [3.05, 3.63) is 29.8 Å². The summed E-state index contributed by atoms with van der Waals surface area (Å²) in [7, 11) is 0. The van der Waals surface area contributed by atoms with E-state index < -0.39 is 6.09 Å². The summed E-state index contributed by atoms with van der Waals surface area (Å²) in [6.07, 6.45) is 0.569. The molecule has 1 aromatic carbocycles. The van der Waals surface area contributed by atoms with E-state index in [9.17, 15) is 9.59 Å². The van der Waals surface area contributed by atoms with Crippen LogP contribution in [0.4, 0.5) is 4.79 Å². The summed E-state index contributed by atoms with van der Waals surface area (Å²) < 4.78 is 10.2. The molecule has 0 saturated heterocycles. The highest BCUT2D eigenvalue weighted by molar-refractivity contribution is 5.75. The average molecular weight is 308 g/mol. The summed E-state index contributed by atoms with van der Waals surface area (Å²) in [5.74, 6) is 0.753. The van der Waals surface area contributed by atoms with Crippen LogP contribution in [0, 0.1) is 6.92 Å². The molecule has 0 saturated carbocycles. The van der Waals surface area contributed by atoms with Crippen LogP contribution in [-0.4, -0.2) is 38.3 Å². The second-order valence-electron chi connectivity index (χ2n) is 4.76. The van der Waals surface area contributed by atoms with E-state index in [1.807, 2.05) is 31.2 Å². The molecule has 0 bridgehead atoms. The first-order valence-corrected chi connectivity index (χ1v) is 7.48. The lowest BCUT2D eigenvalue weighted by Gasteiger charge is -2.08. The fourth-order valence-electron chi connectivity index (χ4n) is 1.69. The van der Waals surface area contributed by atoms with Gasteiger partial charge in [0.05, 0.1) is 13.2 Å². The zero-order chi connectivity index (χ0) is 16.2. The highest BCUT2D eigenvalue weighted by Crippen LogP contribution is 2.11. The molecule has 122 valence electrons. The van der Waals surface area contributed by atoms with Crippen molar-refractivity contribution in [1.29, 1.82) is 0 Å². The molecule has 0 fully saturated rings. The van der Waals surface area contributed by atoms with Crippen molar-refractivity contribution in [3.63, 3.8) is 0 Å². The van der Waals surface area contributed by atoms with Gasteiger partial charge < -0.3 is 20.1 Å². The molecule has 0 aromatic heterocycles. The number of ether oxygens (including phenoxy) is 2. The van der Waals surface area contributed by atoms with Crippen molar-refractivity contribution >= 4 is 12.0 Å². The molecule has 0 aliphatic heterocycles. The lowest BCUT2D eigenvalue weighted by Crippen LogP contribution is -2.35. The summed E-state index contributed by atoms with van der Waals surface area (Å²) in [5, 5.41) is 5.25. The molecule has 0 aliphatic carbocycles. The van der Waals surface area contributed by atoms with E-state index in [-0.39, 0.29) is 5.91 Å². The SMILES string of the molecule is CCOC(=O)NCCNC(=O)CCCOc1ccc(C)cc1. The number of rotatable bonds is 9. The molecular weight excluding hydrogens is 284 g/mol. The predicted octanol–water partition coefficient (Wildman–Crippen LogP) is 2.02. The number of alkyl carbamates (subject to hydrolysis) is 1. The molecule has 22 heavy (non-hydrogen) atoms. The molecule has 0 radical (unpaired) electrons. The number of benzene rings is 1. The first kappa shape index (κ1) is 17.8. The van der Waals surface area contributed by atoms with E-state index >= 15 is 0 Å². The van der Waals surface area contributed by atoms with Gasteiger partial charge in [-0.15, -0.1) is 0 Å². The topological polar surface area (TPSA) is 76.7 Å². The van der Waals surface area contributed by atoms with Crippen LogP contribution in [0.1, 0.15) is 25.3 Å². The first-order chi connectivity index (χ1) is 10.6. The van der Waals surface area contributed by atoms with E-state index in [1.54, 1.807) is 6.92 Å². The van der Waals surface area contributed by atoms with E-state index in [0.717, 1.165) is 5.75 Å². The van der Waals surface area contributed by atoms with E-state index in [0.29, 0.717) is 39.1 Å². The first-order valence-electron chi connectivity index (χ1n) is 7.48. The molecule has 2 N–H and O–H groups in total. The summed E-state index contributed by atoms with van der Waals surface area (Å²) >= 11 is 0. The van der Waals surface area contributed by atoms with Gasteiger partial charge in [0.2, 0.25) is 5.91 Å². The minimum Gasteiger partial charge on any atom is -0.494 e. The maximum absolute atomic E-state index is 11.6. The van der Waals surface area contributed by atoms with E-state index in [4.69, 9.17) is 9.47 Å². The van der Waals surface area contributed by atoms with Crippen molar-refractivity contribution in [2.24, 2.45) is 0 Å². The Labute approximate surface area is 131 Å². The second kappa shape index (κ2) is 10.5. The lowest BCUT2D eigenvalue weighted by molar-refractivity contribution is -0.121. The van der Waals surface area contributed by atoms with E-state index in [1.165, 1.54) is 5.56 Å². The zero-order valence-electron chi connectivity index (χ0n) is 13.2. The maximum Gasteiger partial charge on any atom is 0.407 e.